The van der Waals surface area contributed by atoms with Crippen molar-refractivity contribution in [3.8, 4) is 6.07 Å². The summed E-state index contributed by atoms with van der Waals surface area (Å²) in [4.78, 5) is 27.7. The number of aromatic nitrogens is 3. The molecule has 0 fully saturated rings. The Kier molecular flexibility index (Phi) is 4.56. The minimum Gasteiger partial charge on any atom is -0.299 e. The van der Waals surface area contributed by atoms with Gasteiger partial charge in [-0.2, -0.15) is 5.26 Å². The molecule has 6 nitrogen and oxygen atoms in total. The third-order valence-electron chi connectivity index (χ3n) is 4.65. The largest absolute Gasteiger partial charge is 0.299 e. The van der Waals surface area contributed by atoms with Gasteiger partial charge in [0.15, 0.2) is 11.5 Å². The van der Waals surface area contributed by atoms with Crippen molar-refractivity contribution < 1.29 is 9.59 Å². The van der Waals surface area contributed by atoms with Gasteiger partial charge in [-0.05, 0) is 32.5 Å². The summed E-state index contributed by atoms with van der Waals surface area (Å²) in [5.41, 5.74) is 1.85. The quantitative estimate of drug-likeness (QED) is 0.589. The second kappa shape index (κ2) is 7.33. The molecule has 134 valence electrons. The van der Waals surface area contributed by atoms with Crippen LogP contribution >= 0.6 is 0 Å². The van der Waals surface area contributed by atoms with Crippen molar-refractivity contribution in [1.82, 2.24) is 15.2 Å². The molecule has 2 aliphatic carbocycles. The predicted molar refractivity (Wildman–Crippen MR) is 101 cm³/mol. The Bertz CT molecular complexity index is 1360. The summed E-state index contributed by atoms with van der Waals surface area (Å²) in [5, 5.41) is 19.0. The number of carbonyl (C=O) groups is 2. The van der Waals surface area contributed by atoms with Gasteiger partial charge in [-0.25, -0.2) is 4.98 Å². The monoisotopic (exact) mass is 366 g/mol. The Morgan fingerprint density at radius 3 is 2.61 bits per heavy atom. The van der Waals surface area contributed by atoms with Crippen molar-refractivity contribution in [1.29, 1.82) is 5.26 Å². The number of benzene rings is 2. The zero-order valence-corrected chi connectivity index (χ0v) is 14.8. The maximum Gasteiger partial charge on any atom is 0.187 e. The Morgan fingerprint density at radius 1 is 1.00 bits per heavy atom. The molecule has 0 aliphatic heterocycles. The molecule has 5 rings (SSSR count). The average molecular weight is 366 g/mol. The first-order valence-corrected chi connectivity index (χ1v) is 8.69. The zero-order chi connectivity index (χ0) is 19.5. The molecule has 2 aromatic carbocycles. The fourth-order valence-corrected chi connectivity index (χ4v) is 3.43. The molecular weight excluding hydrogens is 352 g/mol. The number of nitrogens with zero attached hydrogens (tertiary/aromatic N) is 4. The lowest BCUT2D eigenvalue weighted by Crippen LogP contribution is -2.26. The van der Waals surface area contributed by atoms with Gasteiger partial charge in [0.05, 0.1) is 6.20 Å². The molecule has 0 saturated heterocycles. The Hall–Kier alpha value is -3.98. The molecule has 0 spiro atoms. The van der Waals surface area contributed by atoms with E-state index >= 15 is 0 Å². The van der Waals surface area contributed by atoms with E-state index < -0.39 is 0 Å². The van der Waals surface area contributed by atoms with Crippen LogP contribution in [0.15, 0.2) is 48.9 Å². The van der Waals surface area contributed by atoms with Gasteiger partial charge in [0.25, 0.3) is 0 Å². The minimum absolute atomic E-state index is 0.0126. The van der Waals surface area contributed by atoms with Crippen LogP contribution in [0.1, 0.15) is 28.0 Å². The van der Waals surface area contributed by atoms with Crippen molar-refractivity contribution in [2.75, 3.05) is 0 Å². The number of carbonyl (C=O) groups excluding carboxylic acids is 2. The average Bonchev–Trinajstić information content (AvgIpc) is 2.74. The Labute approximate surface area is 159 Å². The van der Waals surface area contributed by atoms with E-state index in [0.717, 1.165) is 26.4 Å². The fourth-order valence-electron chi connectivity index (χ4n) is 3.43. The summed E-state index contributed by atoms with van der Waals surface area (Å²) in [6.07, 6.45) is 7.08. The van der Waals surface area contributed by atoms with E-state index in [-0.39, 0.29) is 17.3 Å². The van der Waals surface area contributed by atoms with E-state index in [4.69, 9.17) is 5.26 Å². The normalized spacial score (nSPS) is 13.4. The van der Waals surface area contributed by atoms with Crippen LogP contribution in [0.5, 0.6) is 0 Å². The number of hydrogen-bond acceptors (Lipinski definition) is 6. The molecule has 0 radical (unpaired) electrons. The summed E-state index contributed by atoms with van der Waals surface area (Å²) in [7, 11) is 0. The molecule has 6 heteroatoms. The smallest absolute Gasteiger partial charge is 0.187 e. The highest BCUT2D eigenvalue weighted by atomic mass is 16.1. The number of ketones is 2. The fraction of sp³-hybridized carbons (Fsp3) is 0.0909. The maximum atomic E-state index is 12.4. The highest BCUT2D eigenvalue weighted by Gasteiger charge is 2.19. The lowest BCUT2D eigenvalue weighted by Gasteiger charge is -2.14. The van der Waals surface area contributed by atoms with Gasteiger partial charge in [-0.3, -0.25) is 9.59 Å². The molecule has 1 heterocycles. The van der Waals surface area contributed by atoms with Crippen LogP contribution < -0.4 is 10.4 Å². The molecule has 0 N–H and O–H groups in total. The standard InChI is InChI=1S/C18H12O2.C4H2N4/c19-13-7-5-11-6-8-15-14-4-2-1-3-12(14)9-17(20)18(15)16(11)10-13;5-1-4-2-6-3-7-8-4/h1-6,8-9H,7,10H2;2-3H. The highest BCUT2D eigenvalue weighted by molar-refractivity contribution is 6.19. The molecule has 0 unspecified atom stereocenters. The molecule has 2 aliphatic rings. The molecule has 0 amide bonds. The summed E-state index contributed by atoms with van der Waals surface area (Å²) in [5.74, 6) is 0.191. The van der Waals surface area contributed by atoms with Gasteiger partial charge >= 0.3 is 0 Å². The van der Waals surface area contributed by atoms with E-state index in [2.05, 4.69) is 15.2 Å². The predicted octanol–water partition coefficient (Wildman–Crippen LogP) is 0.989. The number of nitriles is 1. The highest BCUT2D eigenvalue weighted by Crippen LogP contribution is 2.16. The molecule has 0 atom stereocenters. The van der Waals surface area contributed by atoms with Gasteiger partial charge in [0, 0.05) is 18.4 Å². The van der Waals surface area contributed by atoms with Crippen LogP contribution in [0.2, 0.25) is 0 Å². The summed E-state index contributed by atoms with van der Waals surface area (Å²) >= 11 is 0. The van der Waals surface area contributed by atoms with Gasteiger partial charge in [-0.15, -0.1) is 10.2 Å². The minimum atomic E-state index is 0.0126. The van der Waals surface area contributed by atoms with Crippen LogP contribution in [0.25, 0.3) is 12.2 Å². The Morgan fingerprint density at radius 2 is 1.86 bits per heavy atom. The Balaban J connectivity index is 0.000000203. The lowest BCUT2D eigenvalue weighted by atomic mass is 9.88. The molecule has 3 aromatic rings. The second-order valence-corrected chi connectivity index (χ2v) is 6.38. The second-order valence-electron chi connectivity index (χ2n) is 6.38. The van der Waals surface area contributed by atoms with Crippen molar-refractivity contribution in [2.45, 2.75) is 12.8 Å². The van der Waals surface area contributed by atoms with Crippen molar-refractivity contribution in [2.24, 2.45) is 0 Å². The lowest BCUT2D eigenvalue weighted by molar-refractivity contribution is -0.117. The molecular formula is C22H14N4O2. The molecule has 28 heavy (non-hydrogen) atoms. The third-order valence-corrected chi connectivity index (χ3v) is 4.65. The first-order valence-electron chi connectivity index (χ1n) is 8.69. The first kappa shape index (κ1) is 17.4. The first-order chi connectivity index (χ1) is 13.7. The maximum absolute atomic E-state index is 12.4. The number of fused-ring (bicyclic) bond motifs is 4. The van der Waals surface area contributed by atoms with Crippen molar-refractivity contribution in [3.63, 3.8) is 0 Å². The molecule has 0 bridgehead atoms. The zero-order valence-electron chi connectivity index (χ0n) is 14.8. The van der Waals surface area contributed by atoms with E-state index in [1.165, 1.54) is 12.5 Å². The topological polar surface area (TPSA) is 96.6 Å². The van der Waals surface area contributed by atoms with Crippen LogP contribution in [0.3, 0.4) is 0 Å². The van der Waals surface area contributed by atoms with E-state index in [1.807, 2.05) is 42.5 Å². The summed E-state index contributed by atoms with van der Waals surface area (Å²) in [6.45, 7) is 0. The summed E-state index contributed by atoms with van der Waals surface area (Å²) in [6, 6.07) is 13.7. The molecule has 1 aromatic heterocycles. The SMILES string of the molecule is N#Cc1cncnn1.O=C1CC=c2ccc3c(c2C1)C(=O)C=c1ccccc1=3. The number of Topliss-reactive ketones (excluding diaryl/α,β-unsaturated/α-hetero) is 2. The van der Waals surface area contributed by atoms with E-state index in [0.29, 0.717) is 18.4 Å². The summed E-state index contributed by atoms with van der Waals surface area (Å²) < 4.78 is 0. The van der Waals surface area contributed by atoms with Crippen molar-refractivity contribution >= 4 is 23.7 Å². The van der Waals surface area contributed by atoms with Crippen LogP contribution in [-0.2, 0) is 11.2 Å². The third kappa shape index (κ3) is 3.21. The number of rotatable bonds is 0. The van der Waals surface area contributed by atoms with E-state index in [1.54, 1.807) is 12.1 Å². The van der Waals surface area contributed by atoms with E-state index in [9.17, 15) is 9.59 Å². The van der Waals surface area contributed by atoms with Crippen LogP contribution in [0, 0.1) is 21.8 Å². The van der Waals surface area contributed by atoms with Crippen LogP contribution in [-0.4, -0.2) is 26.7 Å². The molecule has 0 saturated carbocycles. The van der Waals surface area contributed by atoms with Crippen LogP contribution in [0.4, 0.5) is 0 Å². The van der Waals surface area contributed by atoms with Crippen molar-refractivity contribution in [3.05, 3.63) is 86.6 Å². The van der Waals surface area contributed by atoms with Gasteiger partial charge in [0.1, 0.15) is 18.2 Å². The van der Waals surface area contributed by atoms with Gasteiger partial charge < -0.3 is 0 Å². The number of hydrogen-bond donors (Lipinski definition) is 0. The van der Waals surface area contributed by atoms with Gasteiger partial charge in [-0.1, -0.05) is 42.5 Å². The van der Waals surface area contributed by atoms with Gasteiger partial charge in [0.2, 0.25) is 0 Å².